The van der Waals surface area contributed by atoms with Gasteiger partial charge in [-0.25, -0.2) is 0 Å². The highest BCUT2D eigenvalue weighted by Gasteiger charge is 2.39. The van der Waals surface area contributed by atoms with Crippen LogP contribution in [0.5, 0.6) is 0 Å². The second-order valence-electron chi connectivity index (χ2n) is 7.05. The molecule has 2 aliphatic heterocycles. The molecule has 2 heterocycles. The minimum absolute atomic E-state index is 0.0993. The smallest absolute Gasteiger partial charge is 0.241 e. The van der Waals surface area contributed by atoms with E-state index in [0.29, 0.717) is 12.5 Å². The molecule has 0 aliphatic carbocycles. The van der Waals surface area contributed by atoms with Gasteiger partial charge in [-0.1, -0.05) is 30.3 Å². The molecule has 0 radical (unpaired) electrons. The monoisotopic (exact) mass is 332 g/mol. The van der Waals surface area contributed by atoms with E-state index in [1.165, 1.54) is 5.56 Å². The molecule has 0 amide bonds. The Kier molecular flexibility index (Phi) is 5.81. The number of hydrogen-bond donors (Lipinski definition) is 1. The lowest BCUT2D eigenvalue weighted by Gasteiger charge is -2.42. The molecule has 2 saturated heterocycles. The summed E-state index contributed by atoms with van der Waals surface area (Å²) >= 11 is 0. The lowest BCUT2D eigenvalue weighted by molar-refractivity contribution is -0.535. The lowest BCUT2D eigenvalue weighted by Crippen LogP contribution is -2.60. The number of piperidine rings is 2. The molecular formula is C18H28N4O2. The van der Waals surface area contributed by atoms with Crippen molar-refractivity contribution in [3.63, 3.8) is 0 Å². The average molecular weight is 332 g/mol. The van der Waals surface area contributed by atoms with Crippen LogP contribution in [0.15, 0.2) is 30.3 Å². The van der Waals surface area contributed by atoms with E-state index in [9.17, 15) is 10.1 Å². The topological polar surface area (TPSA) is 61.6 Å². The van der Waals surface area contributed by atoms with Crippen molar-refractivity contribution in [2.45, 2.75) is 50.5 Å². The van der Waals surface area contributed by atoms with E-state index < -0.39 is 6.04 Å². The van der Waals surface area contributed by atoms with Crippen LogP contribution in [-0.4, -0.2) is 59.7 Å². The number of nitro groups is 1. The zero-order valence-corrected chi connectivity index (χ0v) is 14.4. The van der Waals surface area contributed by atoms with Crippen LogP contribution in [0.4, 0.5) is 0 Å². The van der Waals surface area contributed by atoms with E-state index >= 15 is 0 Å². The van der Waals surface area contributed by atoms with Gasteiger partial charge in [-0.3, -0.25) is 25.2 Å². The molecule has 0 saturated carbocycles. The van der Waals surface area contributed by atoms with E-state index in [1.807, 2.05) is 6.07 Å². The van der Waals surface area contributed by atoms with Gasteiger partial charge in [0.15, 0.2) is 0 Å². The molecule has 3 rings (SSSR count). The Labute approximate surface area is 144 Å². The highest BCUT2D eigenvalue weighted by molar-refractivity contribution is 5.14. The normalized spacial score (nSPS) is 26.6. The van der Waals surface area contributed by atoms with Gasteiger partial charge in [-0.05, 0) is 51.5 Å². The van der Waals surface area contributed by atoms with Crippen molar-refractivity contribution in [3.8, 4) is 0 Å². The molecule has 2 fully saturated rings. The van der Waals surface area contributed by atoms with Crippen molar-refractivity contribution in [2.75, 3.05) is 26.7 Å². The summed E-state index contributed by atoms with van der Waals surface area (Å²) in [6.07, 6.45) is 3.60. The van der Waals surface area contributed by atoms with Crippen LogP contribution in [0.25, 0.3) is 0 Å². The molecule has 132 valence electrons. The van der Waals surface area contributed by atoms with Crippen molar-refractivity contribution in [1.82, 2.24) is 15.1 Å². The van der Waals surface area contributed by atoms with Crippen LogP contribution < -0.4 is 5.32 Å². The number of nitrogens with zero attached hydrogens (tertiary/aromatic N) is 3. The van der Waals surface area contributed by atoms with Crippen molar-refractivity contribution < 1.29 is 4.92 Å². The van der Waals surface area contributed by atoms with Gasteiger partial charge in [-0.2, -0.15) is 0 Å². The van der Waals surface area contributed by atoms with Crippen molar-refractivity contribution in [1.29, 1.82) is 0 Å². The number of benzene rings is 1. The maximum Gasteiger partial charge on any atom is 0.241 e. The highest BCUT2D eigenvalue weighted by Crippen LogP contribution is 2.22. The number of nitrogens with one attached hydrogen (secondary N) is 1. The molecule has 24 heavy (non-hydrogen) atoms. The van der Waals surface area contributed by atoms with Crippen molar-refractivity contribution in [3.05, 3.63) is 46.0 Å². The quantitative estimate of drug-likeness (QED) is 0.659. The molecule has 0 bridgehead atoms. The molecule has 1 N–H and O–H groups in total. The lowest BCUT2D eigenvalue weighted by atomic mass is 9.98. The van der Waals surface area contributed by atoms with E-state index in [1.54, 1.807) is 0 Å². The highest BCUT2D eigenvalue weighted by atomic mass is 16.6. The van der Waals surface area contributed by atoms with Gasteiger partial charge in [0.1, 0.15) is 6.17 Å². The maximum absolute atomic E-state index is 11.3. The summed E-state index contributed by atoms with van der Waals surface area (Å²) in [4.78, 5) is 16.0. The van der Waals surface area contributed by atoms with E-state index in [0.717, 1.165) is 45.4 Å². The third kappa shape index (κ3) is 4.12. The molecule has 1 aromatic carbocycles. The van der Waals surface area contributed by atoms with Crippen LogP contribution in [0.1, 0.15) is 31.2 Å². The fraction of sp³-hybridized carbons (Fsp3) is 0.667. The first kappa shape index (κ1) is 17.3. The van der Waals surface area contributed by atoms with Gasteiger partial charge in [0.2, 0.25) is 6.04 Å². The van der Waals surface area contributed by atoms with Gasteiger partial charge in [0, 0.05) is 23.9 Å². The standard InChI is InChI=1S/C18H28N4O2/c1-20(18-17(22(23)24)8-5-11-19-18)16-9-12-21(13-10-16)14-15-6-3-2-4-7-15/h2-4,6-7,16-19H,5,8-14H2,1H3. The van der Waals surface area contributed by atoms with Crippen LogP contribution in [-0.2, 0) is 6.54 Å². The Morgan fingerprint density at radius 2 is 1.96 bits per heavy atom. The van der Waals surface area contributed by atoms with Gasteiger partial charge in [0.05, 0.1) is 0 Å². The molecule has 0 aromatic heterocycles. The van der Waals surface area contributed by atoms with Crippen LogP contribution in [0, 0.1) is 10.1 Å². The largest absolute Gasteiger partial charge is 0.299 e. The Bertz CT molecular complexity index is 531. The number of rotatable bonds is 5. The number of likely N-dealkylation sites (N-methyl/N-ethyl adjacent to an activating group) is 1. The summed E-state index contributed by atoms with van der Waals surface area (Å²) in [5.74, 6) is 0. The fourth-order valence-electron chi connectivity index (χ4n) is 4.04. The average Bonchev–Trinajstić information content (AvgIpc) is 2.62. The Morgan fingerprint density at radius 3 is 2.62 bits per heavy atom. The maximum atomic E-state index is 11.3. The van der Waals surface area contributed by atoms with E-state index in [-0.39, 0.29) is 11.1 Å². The molecule has 1 aromatic rings. The predicted molar refractivity (Wildman–Crippen MR) is 94.3 cm³/mol. The van der Waals surface area contributed by atoms with Crippen LogP contribution in [0.3, 0.4) is 0 Å². The Balaban J connectivity index is 1.53. The number of likely N-dealkylation sites (tertiary alicyclic amines) is 1. The van der Waals surface area contributed by atoms with E-state index in [4.69, 9.17) is 0 Å². The van der Waals surface area contributed by atoms with Gasteiger partial charge >= 0.3 is 0 Å². The van der Waals surface area contributed by atoms with Crippen molar-refractivity contribution >= 4 is 0 Å². The van der Waals surface area contributed by atoms with Crippen molar-refractivity contribution in [2.24, 2.45) is 0 Å². The zero-order chi connectivity index (χ0) is 16.9. The second-order valence-corrected chi connectivity index (χ2v) is 7.05. The molecule has 2 aliphatic rings. The van der Waals surface area contributed by atoms with Gasteiger partial charge < -0.3 is 0 Å². The summed E-state index contributed by atoms with van der Waals surface area (Å²) < 4.78 is 0. The minimum atomic E-state index is -0.480. The van der Waals surface area contributed by atoms with E-state index in [2.05, 4.69) is 46.4 Å². The molecule has 6 heteroatoms. The minimum Gasteiger partial charge on any atom is -0.299 e. The van der Waals surface area contributed by atoms with Gasteiger partial charge in [-0.15, -0.1) is 0 Å². The summed E-state index contributed by atoms with van der Waals surface area (Å²) in [5, 5.41) is 14.7. The number of hydrogen-bond acceptors (Lipinski definition) is 5. The molecular weight excluding hydrogens is 304 g/mol. The SMILES string of the molecule is CN(C1CCN(Cc2ccccc2)CC1)C1NCCCC1[N+](=O)[O-]. The molecule has 2 atom stereocenters. The summed E-state index contributed by atoms with van der Waals surface area (Å²) in [7, 11) is 2.05. The second kappa shape index (κ2) is 8.05. The van der Waals surface area contributed by atoms with Gasteiger partial charge in [0.25, 0.3) is 0 Å². The third-order valence-electron chi connectivity index (χ3n) is 5.49. The third-order valence-corrected chi connectivity index (χ3v) is 5.49. The van der Waals surface area contributed by atoms with Crippen LogP contribution in [0.2, 0.25) is 0 Å². The fourth-order valence-corrected chi connectivity index (χ4v) is 4.04. The summed E-state index contributed by atoms with van der Waals surface area (Å²) in [5.41, 5.74) is 1.35. The zero-order valence-electron chi connectivity index (χ0n) is 14.4. The first-order valence-electron chi connectivity index (χ1n) is 9.00. The Hall–Kier alpha value is -1.50. The molecule has 6 nitrogen and oxygen atoms in total. The summed E-state index contributed by atoms with van der Waals surface area (Å²) in [6, 6.07) is 10.5. The first-order chi connectivity index (χ1) is 11.6. The Morgan fingerprint density at radius 1 is 1.25 bits per heavy atom. The first-order valence-corrected chi connectivity index (χ1v) is 9.00. The molecule has 0 spiro atoms. The molecule has 2 unspecified atom stereocenters. The predicted octanol–water partition coefficient (Wildman–Crippen LogP) is 1.94. The van der Waals surface area contributed by atoms with Crippen LogP contribution >= 0.6 is 0 Å². The summed E-state index contributed by atoms with van der Waals surface area (Å²) in [6.45, 7) is 3.99.